The van der Waals surface area contributed by atoms with Gasteiger partial charge in [0.1, 0.15) is 0 Å². The largest absolute Gasteiger partial charge is 0.310 e. The van der Waals surface area contributed by atoms with E-state index in [1.807, 2.05) is 0 Å². The topological polar surface area (TPSA) is 6.48 Å². The SMILES string of the molecule is CCCCc1ccc(N(c2ccc(C)cc2)c2ccc3c(c2)[C@]24CC(C)C[C@]2(CC(C)C4)c2cc(N(c4ccc(C)cc4)c4ccc(CCCC)cc4)ccc2-3)cc1. The van der Waals surface area contributed by atoms with Crippen LogP contribution in [-0.2, 0) is 23.7 Å². The summed E-state index contributed by atoms with van der Waals surface area (Å²) in [5.41, 5.74) is 19.0. The van der Waals surface area contributed by atoms with Gasteiger partial charge in [-0.3, -0.25) is 0 Å². The molecule has 2 saturated carbocycles. The summed E-state index contributed by atoms with van der Waals surface area (Å²) in [5, 5.41) is 0. The van der Waals surface area contributed by atoms with E-state index in [-0.39, 0.29) is 10.8 Å². The number of unbranched alkanes of at least 4 members (excludes halogenated alkanes) is 2. The van der Waals surface area contributed by atoms with E-state index in [1.54, 1.807) is 11.1 Å². The maximum atomic E-state index is 2.63. The van der Waals surface area contributed by atoms with Crippen LogP contribution in [0.3, 0.4) is 0 Å². The zero-order valence-electron chi connectivity index (χ0n) is 35.8. The summed E-state index contributed by atoms with van der Waals surface area (Å²) >= 11 is 0. The minimum atomic E-state index is 0.0986. The van der Waals surface area contributed by atoms with E-state index in [0.717, 1.165) is 12.8 Å². The number of fused-ring (bicyclic) bond motifs is 3. The number of anilines is 6. The van der Waals surface area contributed by atoms with Gasteiger partial charge in [0, 0.05) is 45.0 Å². The molecule has 0 radical (unpaired) electrons. The van der Waals surface area contributed by atoms with Gasteiger partial charge in [-0.15, -0.1) is 0 Å². The molecule has 3 aliphatic carbocycles. The van der Waals surface area contributed by atoms with Crippen LogP contribution < -0.4 is 9.80 Å². The third-order valence-electron chi connectivity index (χ3n) is 14.2. The number of nitrogens with zero attached hydrogens (tertiary/aromatic N) is 2. The molecular formula is C56H62N2. The Balaban J connectivity index is 1.20. The number of rotatable bonds is 12. The van der Waals surface area contributed by atoms with Crippen LogP contribution in [0.4, 0.5) is 34.1 Å². The molecule has 58 heavy (non-hydrogen) atoms. The Bertz CT molecular complexity index is 2180. The minimum absolute atomic E-state index is 0.0986. The molecule has 0 aliphatic heterocycles. The van der Waals surface area contributed by atoms with Gasteiger partial charge in [0.15, 0.2) is 0 Å². The van der Waals surface area contributed by atoms with Gasteiger partial charge in [-0.05, 0) is 183 Å². The smallest absolute Gasteiger partial charge is 0.0465 e. The summed E-state index contributed by atoms with van der Waals surface area (Å²) in [6, 6.07) is 52.0. The molecule has 0 amide bonds. The Kier molecular flexibility index (Phi) is 10.3. The van der Waals surface area contributed by atoms with Gasteiger partial charge >= 0.3 is 0 Å². The molecule has 0 unspecified atom stereocenters. The average molecular weight is 763 g/mol. The van der Waals surface area contributed by atoms with Gasteiger partial charge in [0.2, 0.25) is 0 Å². The first-order valence-electron chi connectivity index (χ1n) is 22.4. The van der Waals surface area contributed by atoms with Gasteiger partial charge in [-0.1, -0.05) is 112 Å². The molecule has 9 rings (SSSR count). The van der Waals surface area contributed by atoms with Crippen LogP contribution in [-0.4, -0.2) is 0 Å². The van der Waals surface area contributed by atoms with Crippen LogP contribution in [0.1, 0.15) is 112 Å². The van der Waals surface area contributed by atoms with Crippen molar-refractivity contribution in [2.75, 3.05) is 9.80 Å². The third kappa shape index (κ3) is 6.67. The highest BCUT2D eigenvalue weighted by molar-refractivity contribution is 5.87. The molecule has 0 heterocycles. The summed E-state index contributed by atoms with van der Waals surface area (Å²) in [6.07, 6.45) is 12.1. The lowest BCUT2D eigenvalue weighted by atomic mass is 9.55. The zero-order chi connectivity index (χ0) is 40.0. The van der Waals surface area contributed by atoms with E-state index < -0.39 is 0 Å². The number of hydrogen-bond acceptors (Lipinski definition) is 2. The summed E-state index contributed by atoms with van der Waals surface area (Å²) in [4.78, 5) is 5.01. The highest BCUT2D eigenvalue weighted by atomic mass is 15.1. The van der Waals surface area contributed by atoms with Gasteiger partial charge in [0.25, 0.3) is 0 Å². The van der Waals surface area contributed by atoms with Gasteiger partial charge < -0.3 is 9.80 Å². The highest BCUT2D eigenvalue weighted by Crippen LogP contribution is 2.72. The Morgan fingerprint density at radius 1 is 0.431 bits per heavy atom. The van der Waals surface area contributed by atoms with E-state index >= 15 is 0 Å². The molecule has 2 heteroatoms. The van der Waals surface area contributed by atoms with Crippen molar-refractivity contribution in [2.45, 2.75) is 117 Å². The van der Waals surface area contributed by atoms with Crippen LogP contribution in [0.15, 0.2) is 133 Å². The Hall–Kier alpha value is -5.08. The standard InChI is InChI=1S/C56H62N2/c1-7-9-11-43-17-25-47(26-18-43)57(45-21-13-39(3)14-22-45)49-29-31-51-52-32-30-50(34-54(52)56-37-41(5)35-55(56,53(51)33-49)36-42(6)38-56)58(46-23-15-40(4)16-24-46)48-27-19-44(20-28-48)12-10-8-2/h13-34,41-42H,7-12,35-38H2,1-6H3/t41?,42?,55-,56+. The molecule has 2 fully saturated rings. The quantitative estimate of drug-likeness (QED) is 0.122. The number of hydrogen-bond donors (Lipinski definition) is 0. The van der Waals surface area contributed by atoms with Crippen molar-refractivity contribution < 1.29 is 0 Å². The van der Waals surface area contributed by atoms with E-state index in [9.17, 15) is 0 Å². The van der Waals surface area contributed by atoms with Crippen molar-refractivity contribution in [1.82, 2.24) is 0 Å². The Labute approximate surface area is 349 Å². The fourth-order valence-corrected chi connectivity index (χ4v) is 11.7. The highest BCUT2D eigenvalue weighted by Gasteiger charge is 2.65. The summed E-state index contributed by atoms with van der Waals surface area (Å²) in [6.45, 7) is 14.0. The van der Waals surface area contributed by atoms with Crippen molar-refractivity contribution in [3.8, 4) is 11.1 Å². The van der Waals surface area contributed by atoms with E-state index in [1.165, 1.54) is 119 Å². The second-order valence-electron chi connectivity index (χ2n) is 18.5. The second-order valence-corrected chi connectivity index (χ2v) is 18.5. The molecule has 0 bridgehead atoms. The lowest BCUT2D eigenvalue weighted by Crippen LogP contribution is -2.43. The van der Waals surface area contributed by atoms with Gasteiger partial charge in [0.05, 0.1) is 0 Å². The molecule has 296 valence electrons. The molecule has 0 N–H and O–H groups in total. The maximum Gasteiger partial charge on any atom is 0.0465 e. The van der Waals surface area contributed by atoms with Gasteiger partial charge in [-0.2, -0.15) is 0 Å². The lowest BCUT2D eigenvalue weighted by Gasteiger charge is -2.48. The molecule has 3 aliphatic rings. The third-order valence-corrected chi connectivity index (χ3v) is 14.2. The molecule has 0 saturated heterocycles. The summed E-state index contributed by atoms with van der Waals surface area (Å²) in [5.74, 6) is 1.32. The fourth-order valence-electron chi connectivity index (χ4n) is 11.7. The first-order valence-corrected chi connectivity index (χ1v) is 22.4. The molecule has 0 atom stereocenters. The van der Waals surface area contributed by atoms with Crippen LogP contribution >= 0.6 is 0 Å². The molecular weight excluding hydrogens is 701 g/mol. The van der Waals surface area contributed by atoms with Gasteiger partial charge in [-0.25, -0.2) is 0 Å². The Morgan fingerprint density at radius 3 is 1.07 bits per heavy atom. The predicted octanol–water partition coefficient (Wildman–Crippen LogP) is 15.9. The van der Waals surface area contributed by atoms with Crippen molar-refractivity contribution >= 4 is 34.1 Å². The zero-order valence-corrected chi connectivity index (χ0v) is 35.8. The second kappa shape index (κ2) is 15.6. The van der Waals surface area contributed by atoms with E-state index in [4.69, 9.17) is 0 Å². The maximum absolute atomic E-state index is 2.63. The van der Waals surface area contributed by atoms with Crippen molar-refractivity contribution in [3.63, 3.8) is 0 Å². The predicted molar refractivity (Wildman–Crippen MR) is 248 cm³/mol. The normalized spacial score (nSPS) is 21.6. The van der Waals surface area contributed by atoms with Crippen LogP contribution in [0, 0.1) is 25.7 Å². The van der Waals surface area contributed by atoms with E-state index in [0.29, 0.717) is 11.8 Å². The number of aryl methyl sites for hydroxylation is 4. The van der Waals surface area contributed by atoms with Crippen LogP contribution in [0.25, 0.3) is 11.1 Å². The molecule has 0 spiro atoms. The van der Waals surface area contributed by atoms with Crippen molar-refractivity contribution in [1.29, 1.82) is 0 Å². The van der Waals surface area contributed by atoms with E-state index in [2.05, 4.69) is 185 Å². The lowest BCUT2D eigenvalue weighted by molar-refractivity contribution is 0.299. The number of benzene rings is 6. The first kappa shape index (κ1) is 38.4. The van der Waals surface area contributed by atoms with Crippen molar-refractivity contribution in [3.05, 3.63) is 167 Å². The monoisotopic (exact) mass is 762 g/mol. The minimum Gasteiger partial charge on any atom is -0.310 e. The summed E-state index contributed by atoms with van der Waals surface area (Å²) < 4.78 is 0. The Morgan fingerprint density at radius 2 is 0.741 bits per heavy atom. The molecule has 0 aromatic heterocycles. The molecule has 2 nitrogen and oxygen atoms in total. The molecule has 6 aromatic carbocycles. The average Bonchev–Trinajstić information content (AvgIpc) is 3.69. The molecule has 6 aromatic rings. The van der Waals surface area contributed by atoms with Crippen LogP contribution in [0.5, 0.6) is 0 Å². The summed E-state index contributed by atoms with van der Waals surface area (Å²) in [7, 11) is 0. The van der Waals surface area contributed by atoms with Crippen molar-refractivity contribution in [2.24, 2.45) is 11.8 Å². The fraction of sp³-hybridized carbons (Fsp3) is 0.357. The first-order chi connectivity index (χ1) is 28.2. The van der Waals surface area contributed by atoms with Crippen LogP contribution in [0.2, 0.25) is 0 Å².